The van der Waals surface area contributed by atoms with E-state index >= 15 is 0 Å². The van der Waals surface area contributed by atoms with Crippen LogP contribution in [0.25, 0.3) is 0 Å². The van der Waals surface area contributed by atoms with Gasteiger partial charge < -0.3 is 10.5 Å². The molecule has 0 spiro atoms. The van der Waals surface area contributed by atoms with Crippen molar-refractivity contribution in [2.75, 3.05) is 13.6 Å². The van der Waals surface area contributed by atoms with Crippen LogP contribution in [0.1, 0.15) is 32.8 Å². The smallest absolute Gasteiger partial charge is 0.387 e. The first-order valence-corrected chi connectivity index (χ1v) is 7.25. The Morgan fingerprint density at radius 1 is 1.24 bits per heavy atom. The molecule has 1 unspecified atom stereocenters. The highest BCUT2D eigenvalue weighted by molar-refractivity contribution is 5.27. The molecule has 2 N–H and O–H groups in total. The Morgan fingerprint density at radius 2 is 1.81 bits per heavy atom. The van der Waals surface area contributed by atoms with Crippen molar-refractivity contribution < 1.29 is 13.5 Å². The van der Waals surface area contributed by atoms with Crippen LogP contribution in [-0.4, -0.2) is 36.7 Å². The lowest BCUT2D eigenvalue weighted by molar-refractivity contribution is -0.0498. The van der Waals surface area contributed by atoms with Gasteiger partial charge in [0.2, 0.25) is 0 Å². The maximum absolute atomic E-state index is 12.1. The number of benzene rings is 1. The highest BCUT2D eigenvalue weighted by Crippen LogP contribution is 2.23. The third-order valence-corrected chi connectivity index (χ3v) is 4.17. The average Bonchev–Trinajstić information content (AvgIpc) is 2.44. The molecule has 0 aliphatic rings. The Morgan fingerprint density at radius 3 is 2.24 bits per heavy atom. The summed E-state index contributed by atoms with van der Waals surface area (Å²) in [5.41, 5.74) is 6.96. The fraction of sp³-hybridized carbons (Fsp3) is 0.625. The summed E-state index contributed by atoms with van der Waals surface area (Å²) in [5.74, 6) is 0.189. The van der Waals surface area contributed by atoms with Crippen molar-refractivity contribution in [3.05, 3.63) is 29.8 Å². The molecule has 120 valence electrons. The molecule has 0 saturated heterocycles. The topological polar surface area (TPSA) is 38.5 Å². The molecular weight excluding hydrogens is 274 g/mol. The Balaban J connectivity index is 2.64. The number of rotatable bonds is 8. The minimum Gasteiger partial charge on any atom is -0.435 e. The minimum atomic E-state index is -2.78. The molecule has 1 aromatic rings. The van der Waals surface area contributed by atoms with E-state index < -0.39 is 6.61 Å². The van der Waals surface area contributed by atoms with Gasteiger partial charge in [0.15, 0.2) is 0 Å². The SMILES string of the molecule is CC(C)N(C)C(C)(CN)CCc1ccc(OC(F)F)cc1. The van der Waals surface area contributed by atoms with Gasteiger partial charge in [0.1, 0.15) is 5.75 Å². The number of hydrogen-bond acceptors (Lipinski definition) is 3. The van der Waals surface area contributed by atoms with E-state index in [9.17, 15) is 8.78 Å². The Hall–Kier alpha value is -1.20. The van der Waals surface area contributed by atoms with Crippen LogP contribution in [0.2, 0.25) is 0 Å². The van der Waals surface area contributed by atoms with E-state index in [0.29, 0.717) is 12.6 Å². The monoisotopic (exact) mass is 300 g/mol. The minimum absolute atomic E-state index is 0.0771. The van der Waals surface area contributed by atoms with Crippen LogP contribution in [0.15, 0.2) is 24.3 Å². The zero-order chi connectivity index (χ0) is 16.0. The van der Waals surface area contributed by atoms with Gasteiger partial charge in [0.25, 0.3) is 0 Å². The molecule has 0 fully saturated rings. The number of nitrogens with two attached hydrogens (primary N) is 1. The standard InChI is InChI=1S/C16H26F2N2O/c1-12(2)20(4)16(3,11-19)10-9-13-5-7-14(8-6-13)21-15(17)18/h5-8,12,15H,9-11,19H2,1-4H3. The zero-order valence-corrected chi connectivity index (χ0v) is 13.3. The predicted octanol–water partition coefficient (Wildman–Crippen LogP) is 3.28. The molecule has 1 aromatic carbocycles. The van der Waals surface area contributed by atoms with Crippen LogP contribution in [0.5, 0.6) is 5.75 Å². The molecule has 1 rings (SSSR count). The molecule has 0 aliphatic heterocycles. The number of nitrogens with zero attached hydrogens (tertiary/aromatic N) is 1. The number of ether oxygens (including phenoxy) is 1. The highest BCUT2D eigenvalue weighted by atomic mass is 19.3. The van der Waals surface area contributed by atoms with Crippen LogP contribution >= 0.6 is 0 Å². The number of halogens is 2. The first kappa shape index (κ1) is 17.9. The van der Waals surface area contributed by atoms with Gasteiger partial charge in [-0.25, -0.2) is 0 Å². The van der Waals surface area contributed by atoms with Gasteiger partial charge in [0.05, 0.1) is 0 Å². The fourth-order valence-electron chi connectivity index (χ4n) is 2.30. The molecular formula is C16H26F2N2O. The third kappa shape index (κ3) is 5.25. The van der Waals surface area contributed by atoms with E-state index in [-0.39, 0.29) is 11.3 Å². The van der Waals surface area contributed by atoms with Crippen molar-refractivity contribution in [3.8, 4) is 5.75 Å². The van der Waals surface area contributed by atoms with E-state index in [2.05, 4.69) is 37.5 Å². The molecule has 3 nitrogen and oxygen atoms in total. The lowest BCUT2D eigenvalue weighted by atomic mass is 9.90. The summed E-state index contributed by atoms with van der Waals surface area (Å²) in [5, 5.41) is 0. The van der Waals surface area contributed by atoms with E-state index in [1.165, 1.54) is 0 Å². The van der Waals surface area contributed by atoms with E-state index in [1.807, 2.05) is 12.1 Å². The molecule has 21 heavy (non-hydrogen) atoms. The van der Waals surface area contributed by atoms with Crippen LogP contribution in [0.3, 0.4) is 0 Å². The van der Waals surface area contributed by atoms with Crippen LogP contribution < -0.4 is 10.5 Å². The second kappa shape index (κ2) is 7.71. The first-order chi connectivity index (χ1) is 9.78. The molecule has 0 heterocycles. The maximum Gasteiger partial charge on any atom is 0.387 e. The molecule has 0 saturated carbocycles. The van der Waals surface area contributed by atoms with Gasteiger partial charge in [-0.1, -0.05) is 12.1 Å². The quantitative estimate of drug-likeness (QED) is 0.800. The Bertz CT molecular complexity index is 423. The molecule has 0 bridgehead atoms. The van der Waals surface area contributed by atoms with Gasteiger partial charge in [-0.2, -0.15) is 8.78 Å². The Kier molecular flexibility index (Phi) is 6.55. The van der Waals surface area contributed by atoms with Crippen LogP contribution in [0, 0.1) is 0 Å². The van der Waals surface area contributed by atoms with Crippen molar-refractivity contribution in [1.29, 1.82) is 0 Å². The van der Waals surface area contributed by atoms with Crippen molar-refractivity contribution in [1.82, 2.24) is 4.90 Å². The van der Waals surface area contributed by atoms with Crippen molar-refractivity contribution in [2.24, 2.45) is 5.73 Å². The summed E-state index contributed by atoms with van der Waals surface area (Å²) in [6.45, 7) is 4.24. The fourth-order valence-corrected chi connectivity index (χ4v) is 2.30. The number of aryl methyl sites for hydroxylation is 1. The van der Waals surface area contributed by atoms with Gasteiger partial charge in [-0.3, -0.25) is 4.90 Å². The summed E-state index contributed by atoms with van der Waals surface area (Å²) < 4.78 is 28.5. The third-order valence-electron chi connectivity index (χ3n) is 4.17. The Labute approximate surface area is 126 Å². The second-order valence-corrected chi connectivity index (χ2v) is 5.93. The summed E-state index contributed by atoms with van der Waals surface area (Å²) in [6.07, 6.45) is 1.76. The van der Waals surface area contributed by atoms with Gasteiger partial charge in [-0.15, -0.1) is 0 Å². The highest BCUT2D eigenvalue weighted by Gasteiger charge is 2.28. The van der Waals surface area contributed by atoms with E-state index in [0.717, 1.165) is 18.4 Å². The molecule has 0 amide bonds. The number of likely N-dealkylation sites (N-methyl/N-ethyl adjacent to an activating group) is 1. The van der Waals surface area contributed by atoms with Crippen molar-refractivity contribution in [2.45, 2.75) is 51.8 Å². The van der Waals surface area contributed by atoms with Crippen LogP contribution in [-0.2, 0) is 6.42 Å². The lowest BCUT2D eigenvalue weighted by Crippen LogP contribution is -2.52. The van der Waals surface area contributed by atoms with E-state index in [1.54, 1.807) is 12.1 Å². The average molecular weight is 300 g/mol. The summed E-state index contributed by atoms with van der Waals surface area (Å²) in [4.78, 5) is 2.28. The van der Waals surface area contributed by atoms with Gasteiger partial charge in [0, 0.05) is 18.1 Å². The number of alkyl halides is 2. The predicted molar refractivity (Wildman–Crippen MR) is 81.8 cm³/mol. The van der Waals surface area contributed by atoms with E-state index in [4.69, 9.17) is 5.73 Å². The zero-order valence-electron chi connectivity index (χ0n) is 13.3. The van der Waals surface area contributed by atoms with Gasteiger partial charge >= 0.3 is 6.61 Å². The molecule has 5 heteroatoms. The second-order valence-electron chi connectivity index (χ2n) is 5.93. The summed E-state index contributed by atoms with van der Waals surface area (Å²) >= 11 is 0. The van der Waals surface area contributed by atoms with Crippen molar-refractivity contribution in [3.63, 3.8) is 0 Å². The summed E-state index contributed by atoms with van der Waals surface area (Å²) in [7, 11) is 2.08. The van der Waals surface area contributed by atoms with Crippen molar-refractivity contribution >= 4 is 0 Å². The van der Waals surface area contributed by atoms with Gasteiger partial charge in [-0.05, 0) is 58.4 Å². The normalized spacial score (nSPS) is 14.8. The first-order valence-electron chi connectivity index (χ1n) is 7.25. The summed E-state index contributed by atoms with van der Waals surface area (Å²) in [6, 6.07) is 7.22. The molecule has 0 aromatic heterocycles. The maximum atomic E-state index is 12.1. The lowest BCUT2D eigenvalue weighted by Gasteiger charge is -2.41. The molecule has 0 aliphatic carbocycles. The molecule has 1 atom stereocenters. The molecule has 0 radical (unpaired) electrons. The van der Waals surface area contributed by atoms with Crippen LogP contribution in [0.4, 0.5) is 8.78 Å². The number of hydrogen-bond donors (Lipinski definition) is 1. The largest absolute Gasteiger partial charge is 0.435 e.